The Kier molecular flexibility index (Phi) is 9.21. The summed E-state index contributed by atoms with van der Waals surface area (Å²) in [4.78, 5) is 37.9. The van der Waals surface area contributed by atoms with E-state index < -0.39 is 11.5 Å². The number of hydrogen-bond donors (Lipinski definition) is 2. The van der Waals surface area contributed by atoms with Crippen LogP contribution >= 0.6 is 23.2 Å². The Morgan fingerprint density at radius 3 is 2.25 bits per heavy atom. The molecule has 1 aliphatic heterocycles. The topological polar surface area (TPSA) is 109 Å². The minimum atomic E-state index is -0.512. The van der Waals surface area contributed by atoms with E-state index in [4.69, 9.17) is 32.7 Å². The molecule has 0 aliphatic carbocycles. The first-order valence-electron chi connectivity index (χ1n) is 12.9. The Balaban J connectivity index is 1.39. The van der Waals surface area contributed by atoms with Gasteiger partial charge in [0.25, 0.3) is 5.91 Å². The third-order valence-corrected chi connectivity index (χ3v) is 6.53. The molecule has 0 unspecified atom stereocenters. The predicted octanol–water partition coefficient (Wildman–Crippen LogP) is 6.24. The van der Waals surface area contributed by atoms with E-state index in [0.29, 0.717) is 48.5 Å². The highest BCUT2D eigenvalue weighted by molar-refractivity contribution is 6.40. The Hall–Kier alpha value is -3.76. The van der Waals surface area contributed by atoms with Gasteiger partial charge in [-0.05, 0) is 64.1 Å². The van der Waals surface area contributed by atoms with Crippen LogP contribution in [0.1, 0.15) is 38.1 Å². The average Bonchev–Trinajstić information content (AvgIpc) is 2.91. The Labute approximate surface area is 243 Å². The van der Waals surface area contributed by atoms with Gasteiger partial charge in [-0.15, -0.1) is 0 Å². The summed E-state index contributed by atoms with van der Waals surface area (Å²) >= 11 is 12.4. The Morgan fingerprint density at radius 1 is 1.00 bits per heavy atom. The van der Waals surface area contributed by atoms with E-state index in [-0.39, 0.29) is 23.5 Å². The second-order valence-electron chi connectivity index (χ2n) is 10.0. The van der Waals surface area contributed by atoms with Crippen LogP contribution in [-0.2, 0) is 4.74 Å². The van der Waals surface area contributed by atoms with Gasteiger partial charge >= 0.3 is 6.09 Å². The number of nitrogens with one attached hydrogen (secondary N) is 2. The zero-order valence-electron chi connectivity index (χ0n) is 22.8. The van der Waals surface area contributed by atoms with Crippen molar-refractivity contribution in [3.63, 3.8) is 0 Å². The van der Waals surface area contributed by atoms with Crippen molar-refractivity contribution in [1.29, 1.82) is 0 Å². The van der Waals surface area contributed by atoms with Gasteiger partial charge in [-0.25, -0.2) is 9.78 Å². The first-order valence-corrected chi connectivity index (χ1v) is 13.6. The quantitative estimate of drug-likeness (QED) is 0.335. The van der Waals surface area contributed by atoms with Crippen LogP contribution in [0.2, 0.25) is 10.0 Å². The first-order chi connectivity index (χ1) is 19.0. The van der Waals surface area contributed by atoms with Gasteiger partial charge in [0.2, 0.25) is 11.8 Å². The first kappa shape index (κ1) is 29.2. The van der Waals surface area contributed by atoms with E-state index in [1.165, 1.54) is 6.20 Å². The highest BCUT2D eigenvalue weighted by Crippen LogP contribution is 2.31. The highest BCUT2D eigenvalue weighted by Gasteiger charge is 2.26. The maximum absolute atomic E-state index is 12.9. The van der Waals surface area contributed by atoms with Crippen molar-refractivity contribution in [3.8, 4) is 5.88 Å². The number of hydrogen-bond acceptors (Lipinski definition) is 8. The number of rotatable bonds is 7. The van der Waals surface area contributed by atoms with Crippen LogP contribution in [0.3, 0.4) is 0 Å². The van der Waals surface area contributed by atoms with Crippen LogP contribution < -0.4 is 20.3 Å². The molecule has 1 aromatic heterocycles. The zero-order valence-corrected chi connectivity index (χ0v) is 24.3. The lowest BCUT2D eigenvalue weighted by Crippen LogP contribution is -2.50. The van der Waals surface area contributed by atoms with Crippen molar-refractivity contribution >= 4 is 58.2 Å². The summed E-state index contributed by atoms with van der Waals surface area (Å²) < 4.78 is 11.1. The van der Waals surface area contributed by atoms with Gasteiger partial charge in [0.1, 0.15) is 11.2 Å². The molecule has 40 heavy (non-hydrogen) atoms. The molecule has 1 fully saturated rings. The lowest BCUT2D eigenvalue weighted by Gasteiger charge is -2.36. The Morgan fingerprint density at radius 2 is 1.65 bits per heavy atom. The molecule has 2 aromatic carbocycles. The number of nitrogens with zero attached hydrogens (tertiary/aromatic N) is 4. The normalized spacial score (nSPS) is 13.6. The van der Waals surface area contributed by atoms with Crippen LogP contribution in [0.25, 0.3) is 0 Å². The van der Waals surface area contributed by atoms with E-state index in [0.717, 1.165) is 11.4 Å². The summed E-state index contributed by atoms with van der Waals surface area (Å²) in [7, 11) is 0. The fraction of sp³-hybridized carbons (Fsp3) is 0.357. The molecule has 3 aromatic rings. The molecule has 2 N–H and O–H groups in total. The number of carbonyl (C=O) groups is 2. The highest BCUT2D eigenvalue weighted by atomic mass is 35.5. The second kappa shape index (κ2) is 12.6. The van der Waals surface area contributed by atoms with Crippen LogP contribution in [0.5, 0.6) is 5.88 Å². The second-order valence-corrected chi connectivity index (χ2v) is 10.8. The number of piperazine rings is 1. The fourth-order valence-corrected chi connectivity index (χ4v) is 4.48. The molecule has 2 amide bonds. The largest absolute Gasteiger partial charge is 0.477 e. The van der Waals surface area contributed by atoms with Gasteiger partial charge in [0.05, 0.1) is 22.3 Å². The van der Waals surface area contributed by atoms with Gasteiger partial charge in [0.15, 0.2) is 0 Å². The summed E-state index contributed by atoms with van der Waals surface area (Å²) in [6.45, 7) is 10.3. The van der Waals surface area contributed by atoms with Crippen LogP contribution in [0.4, 0.5) is 27.8 Å². The molecule has 0 bridgehead atoms. The van der Waals surface area contributed by atoms with Crippen molar-refractivity contribution in [2.24, 2.45) is 0 Å². The number of anilines is 4. The number of benzene rings is 2. The van der Waals surface area contributed by atoms with E-state index in [2.05, 4.69) is 25.5 Å². The molecule has 0 atom stereocenters. The molecular weight excluding hydrogens is 555 g/mol. The molecule has 212 valence electrons. The van der Waals surface area contributed by atoms with Crippen molar-refractivity contribution in [2.45, 2.75) is 33.3 Å². The third kappa shape index (κ3) is 7.45. The summed E-state index contributed by atoms with van der Waals surface area (Å²) in [5, 5.41) is 6.47. The van der Waals surface area contributed by atoms with Crippen LogP contribution in [0, 0.1) is 0 Å². The average molecular weight is 588 g/mol. The van der Waals surface area contributed by atoms with Gasteiger partial charge in [-0.2, -0.15) is 4.98 Å². The molecule has 12 heteroatoms. The fourth-order valence-electron chi connectivity index (χ4n) is 3.99. The van der Waals surface area contributed by atoms with Gasteiger partial charge in [0, 0.05) is 43.8 Å². The number of halogens is 2. The minimum absolute atomic E-state index is 0.125. The Bertz CT molecular complexity index is 1340. The van der Waals surface area contributed by atoms with E-state index >= 15 is 0 Å². The molecule has 0 spiro atoms. The maximum atomic E-state index is 12.9. The van der Waals surface area contributed by atoms with E-state index in [1.54, 1.807) is 30.0 Å². The molecule has 0 radical (unpaired) electrons. The van der Waals surface area contributed by atoms with Crippen LogP contribution in [0.15, 0.2) is 48.7 Å². The van der Waals surface area contributed by atoms with Crippen LogP contribution in [-0.4, -0.2) is 65.3 Å². The molecular formula is C28H32Cl2N6O4. The SMILES string of the molecule is CCOc1nc(Nc2ccc(N3CCN(C(=O)OC(C)(C)C)CC3)cc2)ncc1C(=O)Nc1c(Cl)cccc1Cl. The van der Waals surface area contributed by atoms with Crippen molar-refractivity contribution < 1.29 is 19.1 Å². The van der Waals surface area contributed by atoms with Crippen molar-refractivity contribution in [3.05, 3.63) is 64.3 Å². The summed E-state index contributed by atoms with van der Waals surface area (Å²) in [6.07, 6.45) is 1.10. The number of aromatic nitrogens is 2. The number of ether oxygens (including phenoxy) is 2. The predicted molar refractivity (Wildman–Crippen MR) is 157 cm³/mol. The van der Waals surface area contributed by atoms with Gasteiger partial charge < -0.3 is 29.9 Å². The minimum Gasteiger partial charge on any atom is -0.477 e. The molecule has 4 rings (SSSR count). The molecule has 1 aliphatic rings. The van der Waals surface area contributed by atoms with Crippen molar-refractivity contribution in [1.82, 2.24) is 14.9 Å². The van der Waals surface area contributed by atoms with E-state index in [1.807, 2.05) is 45.0 Å². The summed E-state index contributed by atoms with van der Waals surface area (Å²) in [5.41, 5.74) is 1.73. The number of para-hydroxylation sites is 1. The lowest BCUT2D eigenvalue weighted by molar-refractivity contribution is 0.0240. The standard InChI is InChI=1S/C28H32Cl2N6O4/c1-5-39-25-20(24(37)33-23-21(29)7-6-8-22(23)30)17-31-26(34-25)32-18-9-11-19(12-10-18)35-13-15-36(16-14-35)27(38)40-28(2,3)4/h6-12,17H,5,13-16H2,1-4H3,(H,33,37)(H,31,32,34). The summed E-state index contributed by atoms with van der Waals surface area (Å²) in [5.74, 6) is -0.101. The lowest BCUT2D eigenvalue weighted by atomic mass is 10.2. The van der Waals surface area contributed by atoms with E-state index in [9.17, 15) is 9.59 Å². The van der Waals surface area contributed by atoms with Gasteiger partial charge in [-0.1, -0.05) is 29.3 Å². The smallest absolute Gasteiger partial charge is 0.410 e. The maximum Gasteiger partial charge on any atom is 0.410 e. The monoisotopic (exact) mass is 586 g/mol. The van der Waals surface area contributed by atoms with Gasteiger partial charge in [-0.3, -0.25) is 4.79 Å². The third-order valence-electron chi connectivity index (χ3n) is 5.90. The zero-order chi connectivity index (χ0) is 28.9. The molecule has 1 saturated heterocycles. The molecule has 2 heterocycles. The summed E-state index contributed by atoms with van der Waals surface area (Å²) in [6, 6.07) is 12.8. The number of amides is 2. The molecule has 0 saturated carbocycles. The number of carbonyl (C=O) groups excluding carboxylic acids is 2. The van der Waals surface area contributed by atoms with Crippen molar-refractivity contribution in [2.75, 3.05) is 48.3 Å². The molecule has 10 nitrogen and oxygen atoms in total.